The Kier molecular flexibility index (Phi) is 6.95. The van der Waals surface area contributed by atoms with E-state index >= 15 is 0 Å². The number of hydrogen-bond donors (Lipinski definition) is 2. The Labute approximate surface area is 174 Å². The largest absolute Gasteiger partial charge is 0.378 e. The zero-order chi connectivity index (χ0) is 20.1. The van der Waals surface area contributed by atoms with Crippen LogP contribution in [0.25, 0.3) is 0 Å². The molecule has 0 amide bonds. The lowest BCUT2D eigenvalue weighted by molar-refractivity contribution is 0.122. The molecule has 2 heterocycles. The molecule has 0 saturated carbocycles. The summed E-state index contributed by atoms with van der Waals surface area (Å²) in [6, 6.07) is 4.72. The SMILES string of the molecule is Cc1cc(S(=O)(=O)NCCNc2cc(N3CCOCC3)ncn2)c(Cl)cc1Cl. The topological polar surface area (TPSA) is 96.5 Å². The molecule has 0 unspecified atom stereocenters. The maximum absolute atomic E-state index is 12.5. The summed E-state index contributed by atoms with van der Waals surface area (Å²) in [5.41, 5.74) is 0.640. The van der Waals surface area contributed by atoms with Gasteiger partial charge in [-0.15, -0.1) is 0 Å². The van der Waals surface area contributed by atoms with Crippen molar-refractivity contribution in [1.29, 1.82) is 0 Å². The number of nitrogens with zero attached hydrogens (tertiary/aromatic N) is 3. The zero-order valence-corrected chi connectivity index (χ0v) is 17.6. The number of hydrogen-bond acceptors (Lipinski definition) is 7. The minimum Gasteiger partial charge on any atom is -0.378 e. The second kappa shape index (κ2) is 9.23. The summed E-state index contributed by atoms with van der Waals surface area (Å²) in [5, 5.41) is 3.60. The molecule has 1 aromatic carbocycles. The Balaban J connectivity index is 1.56. The fourth-order valence-electron chi connectivity index (χ4n) is 2.70. The Morgan fingerprint density at radius 2 is 1.86 bits per heavy atom. The van der Waals surface area contributed by atoms with E-state index in [9.17, 15) is 8.42 Å². The van der Waals surface area contributed by atoms with E-state index in [2.05, 4.69) is 24.9 Å². The second-order valence-electron chi connectivity index (χ2n) is 6.22. The van der Waals surface area contributed by atoms with Crippen molar-refractivity contribution in [2.24, 2.45) is 0 Å². The van der Waals surface area contributed by atoms with Gasteiger partial charge in [0.05, 0.1) is 18.2 Å². The average molecular weight is 446 g/mol. The van der Waals surface area contributed by atoms with Crippen LogP contribution in [0.2, 0.25) is 10.0 Å². The molecule has 8 nitrogen and oxygen atoms in total. The van der Waals surface area contributed by atoms with Crippen molar-refractivity contribution in [3.05, 3.63) is 40.1 Å². The Morgan fingerprint density at radius 1 is 1.11 bits per heavy atom. The predicted octanol–water partition coefficient (Wildman–Crippen LogP) is 2.32. The normalized spacial score (nSPS) is 14.9. The first-order chi connectivity index (χ1) is 13.4. The molecule has 0 spiro atoms. The summed E-state index contributed by atoms with van der Waals surface area (Å²) >= 11 is 12.0. The van der Waals surface area contributed by atoms with Gasteiger partial charge in [-0.1, -0.05) is 23.2 Å². The molecule has 28 heavy (non-hydrogen) atoms. The van der Waals surface area contributed by atoms with Crippen molar-refractivity contribution < 1.29 is 13.2 Å². The fraction of sp³-hybridized carbons (Fsp3) is 0.412. The van der Waals surface area contributed by atoms with E-state index in [-0.39, 0.29) is 16.5 Å². The maximum Gasteiger partial charge on any atom is 0.242 e. The number of rotatable bonds is 7. The van der Waals surface area contributed by atoms with Crippen molar-refractivity contribution >= 4 is 44.9 Å². The number of morpholine rings is 1. The second-order valence-corrected chi connectivity index (χ2v) is 8.77. The summed E-state index contributed by atoms with van der Waals surface area (Å²) in [6.07, 6.45) is 1.48. The van der Waals surface area contributed by atoms with Crippen LogP contribution in [0.15, 0.2) is 29.4 Å². The van der Waals surface area contributed by atoms with Gasteiger partial charge in [0.2, 0.25) is 10.0 Å². The van der Waals surface area contributed by atoms with Crippen LogP contribution in [-0.2, 0) is 14.8 Å². The van der Waals surface area contributed by atoms with E-state index in [0.717, 1.165) is 18.9 Å². The Bertz CT molecular complexity index is 936. The lowest BCUT2D eigenvalue weighted by Crippen LogP contribution is -2.36. The highest BCUT2D eigenvalue weighted by atomic mass is 35.5. The van der Waals surface area contributed by atoms with Gasteiger partial charge in [-0.25, -0.2) is 23.1 Å². The monoisotopic (exact) mass is 445 g/mol. The molecule has 2 aromatic rings. The molecular formula is C17H21Cl2N5O3S. The predicted molar refractivity (Wildman–Crippen MR) is 110 cm³/mol. The smallest absolute Gasteiger partial charge is 0.242 e. The van der Waals surface area contributed by atoms with Crippen LogP contribution >= 0.6 is 23.2 Å². The van der Waals surface area contributed by atoms with Gasteiger partial charge in [0.15, 0.2) is 0 Å². The van der Waals surface area contributed by atoms with Gasteiger partial charge in [-0.3, -0.25) is 0 Å². The Hall–Kier alpha value is -1.65. The molecule has 0 aliphatic carbocycles. The number of nitrogens with one attached hydrogen (secondary N) is 2. The van der Waals surface area contributed by atoms with Crippen LogP contribution in [0.5, 0.6) is 0 Å². The van der Waals surface area contributed by atoms with Crippen molar-refractivity contribution in [3.63, 3.8) is 0 Å². The average Bonchev–Trinajstić information content (AvgIpc) is 2.69. The molecule has 0 atom stereocenters. The highest BCUT2D eigenvalue weighted by Gasteiger charge is 2.19. The highest BCUT2D eigenvalue weighted by Crippen LogP contribution is 2.28. The third-order valence-electron chi connectivity index (χ3n) is 4.21. The molecule has 152 valence electrons. The lowest BCUT2D eigenvalue weighted by atomic mass is 10.2. The van der Waals surface area contributed by atoms with E-state index in [1.165, 1.54) is 18.5 Å². The molecule has 1 aromatic heterocycles. The lowest BCUT2D eigenvalue weighted by Gasteiger charge is -2.27. The summed E-state index contributed by atoms with van der Waals surface area (Å²) in [7, 11) is -3.75. The van der Waals surface area contributed by atoms with E-state index in [1.54, 1.807) is 6.92 Å². The van der Waals surface area contributed by atoms with Gasteiger partial charge in [-0.2, -0.15) is 0 Å². The quantitative estimate of drug-likeness (QED) is 0.631. The number of aromatic nitrogens is 2. The standard InChI is InChI=1S/C17H21Cl2N5O3S/c1-12-8-15(14(19)9-13(12)18)28(25,26)23-3-2-20-16-10-17(22-11-21-16)24-4-6-27-7-5-24/h8-11,23H,2-7H2,1H3,(H,20,21,22). The van der Waals surface area contributed by atoms with E-state index in [1.807, 2.05) is 6.07 Å². The zero-order valence-electron chi connectivity index (χ0n) is 15.3. The first-order valence-corrected chi connectivity index (χ1v) is 10.9. The van der Waals surface area contributed by atoms with Gasteiger partial charge in [0.1, 0.15) is 22.9 Å². The molecule has 1 aliphatic rings. The van der Waals surface area contributed by atoms with E-state index < -0.39 is 10.0 Å². The molecule has 2 N–H and O–H groups in total. The molecule has 1 fully saturated rings. The number of halogens is 2. The van der Waals surface area contributed by atoms with Crippen LogP contribution < -0.4 is 14.9 Å². The van der Waals surface area contributed by atoms with Crippen molar-refractivity contribution in [3.8, 4) is 0 Å². The molecule has 1 aliphatic heterocycles. The molecule has 11 heteroatoms. The number of benzene rings is 1. The minimum atomic E-state index is -3.75. The van der Waals surface area contributed by atoms with Gasteiger partial charge in [0, 0.05) is 37.3 Å². The minimum absolute atomic E-state index is 0.00714. The van der Waals surface area contributed by atoms with Crippen LogP contribution in [0.1, 0.15) is 5.56 Å². The summed E-state index contributed by atoms with van der Waals surface area (Å²) in [5.74, 6) is 1.43. The van der Waals surface area contributed by atoms with Gasteiger partial charge in [0.25, 0.3) is 0 Å². The van der Waals surface area contributed by atoms with Gasteiger partial charge >= 0.3 is 0 Å². The van der Waals surface area contributed by atoms with Crippen molar-refractivity contribution in [1.82, 2.24) is 14.7 Å². The third-order valence-corrected chi connectivity index (χ3v) is 6.55. The first kappa shape index (κ1) is 21.1. The molecular weight excluding hydrogens is 425 g/mol. The molecule has 0 radical (unpaired) electrons. The Morgan fingerprint density at radius 3 is 2.61 bits per heavy atom. The van der Waals surface area contributed by atoms with Crippen molar-refractivity contribution in [2.45, 2.75) is 11.8 Å². The van der Waals surface area contributed by atoms with Crippen molar-refractivity contribution in [2.75, 3.05) is 49.6 Å². The number of anilines is 2. The number of sulfonamides is 1. The van der Waals surface area contributed by atoms with E-state index in [0.29, 0.717) is 36.2 Å². The fourth-order valence-corrected chi connectivity index (χ4v) is 4.56. The number of aryl methyl sites for hydroxylation is 1. The first-order valence-electron chi connectivity index (χ1n) is 8.71. The van der Waals surface area contributed by atoms with Gasteiger partial charge in [-0.05, 0) is 24.6 Å². The summed E-state index contributed by atoms with van der Waals surface area (Å²) in [6.45, 7) is 5.12. The van der Waals surface area contributed by atoms with Crippen LogP contribution in [0.4, 0.5) is 11.6 Å². The van der Waals surface area contributed by atoms with Crippen LogP contribution in [0.3, 0.4) is 0 Å². The van der Waals surface area contributed by atoms with Crippen LogP contribution in [-0.4, -0.2) is 57.8 Å². The van der Waals surface area contributed by atoms with Gasteiger partial charge < -0.3 is 15.0 Å². The third kappa shape index (κ3) is 5.24. The summed E-state index contributed by atoms with van der Waals surface area (Å²) < 4.78 is 32.8. The molecule has 3 rings (SSSR count). The number of ether oxygens (including phenoxy) is 1. The molecule has 1 saturated heterocycles. The highest BCUT2D eigenvalue weighted by molar-refractivity contribution is 7.89. The van der Waals surface area contributed by atoms with Crippen LogP contribution in [0, 0.1) is 6.92 Å². The maximum atomic E-state index is 12.5. The molecule has 0 bridgehead atoms. The summed E-state index contributed by atoms with van der Waals surface area (Å²) in [4.78, 5) is 10.6. The van der Waals surface area contributed by atoms with E-state index in [4.69, 9.17) is 27.9 Å².